The Hall–Kier alpha value is 0.130. The van der Waals surface area contributed by atoms with E-state index in [-0.39, 0.29) is 0 Å². The molecule has 0 bridgehead atoms. The van der Waals surface area contributed by atoms with Gasteiger partial charge in [-0.3, -0.25) is 0 Å². The predicted molar refractivity (Wildman–Crippen MR) is 142 cm³/mol. The molecule has 0 spiro atoms. The number of hydrogen-bond acceptors (Lipinski definition) is 0. The van der Waals surface area contributed by atoms with Crippen molar-refractivity contribution in [3.05, 3.63) is 0 Å². The summed E-state index contributed by atoms with van der Waals surface area (Å²) in [5, 5.41) is 0. The van der Waals surface area contributed by atoms with E-state index < -0.39 is 0 Å². The van der Waals surface area contributed by atoms with Crippen molar-refractivity contribution in [1.29, 1.82) is 0 Å². The van der Waals surface area contributed by atoms with Crippen molar-refractivity contribution < 1.29 is 0 Å². The van der Waals surface area contributed by atoms with Gasteiger partial charge in [-0.15, -0.1) is 0 Å². The third-order valence-electron chi connectivity index (χ3n) is 12.6. The predicted octanol–water partition coefficient (Wildman–Crippen LogP) is 9.81. The summed E-state index contributed by atoms with van der Waals surface area (Å²) in [4.78, 5) is 0. The number of rotatable bonds is 7. The Labute approximate surface area is 201 Å². The zero-order valence-corrected chi connectivity index (χ0v) is 21.3. The molecular weight excluding hydrogens is 382 g/mol. The molecule has 4 aliphatic carbocycles. The van der Waals surface area contributed by atoms with Crippen molar-refractivity contribution in [2.45, 2.75) is 164 Å². The average Bonchev–Trinajstić information content (AvgIpc) is 3.35. The Kier molecular flexibility index (Phi) is 7.34. The van der Waals surface area contributed by atoms with E-state index >= 15 is 0 Å². The summed E-state index contributed by atoms with van der Waals surface area (Å²) < 4.78 is 0. The minimum Gasteiger partial charge on any atom is -0.0737 e. The molecule has 178 valence electrons. The first-order chi connectivity index (χ1) is 15.9. The van der Waals surface area contributed by atoms with Gasteiger partial charge in [-0.1, -0.05) is 164 Å². The van der Waals surface area contributed by atoms with Crippen LogP contribution < -0.4 is 0 Å². The molecule has 2 saturated heterocycles. The topological polar surface area (TPSA) is 0 Å². The Morgan fingerprint density at radius 2 is 0.625 bits per heavy atom. The standard InChI is InChI=1S/C30H52B2/c1(11-21-31-27-17-7-3-13-23(27)24-14-4-8-18-28(24)31)2-12-22-32-29-19-9-5-15-25(29)26-16-6-10-20-30(26)32/h23-30H,1-22H2. The fourth-order valence-electron chi connectivity index (χ4n) is 11.6. The van der Waals surface area contributed by atoms with Crippen LogP contribution in [0, 0.1) is 23.7 Å². The highest BCUT2D eigenvalue weighted by Crippen LogP contribution is 2.61. The van der Waals surface area contributed by atoms with Gasteiger partial charge >= 0.3 is 0 Å². The Balaban J connectivity index is 0.967. The zero-order chi connectivity index (χ0) is 21.3. The molecule has 8 unspecified atom stereocenters. The molecule has 0 N–H and O–H groups in total. The molecule has 6 rings (SSSR count). The van der Waals surface area contributed by atoms with E-state index in [1.54, 1.807) is 141 Å². The van der Waals surface area contributed by atoms with Crippen molar-refractivity contribution in [3.63, 3.8) is 0 Å². The van der Waals surface area contributed by atoms with Crippen molar-refractivity contribution in [1.82, 2.24) is 0 Å². The summed E-state index contributed by atoms with van der Waals surface area (Å²) in [6, 6.07) is 0. The van der Waals surface area contributed by atoms with Crippen LogP contribution in [0.1, 0.15) is 128 Å². The zero-order valence-electron chi connectivity index (χ0n) is 21.3. The minimum atomic E-state index is 1.14. The van der Waals surface area contributed by atoms with Gasteiger partial charge in [0.1, 0.15) is 13.4 Å². The lowest BCUT2D eigenvalue weighted by atomic mass is 9.32. The monoisotopic (exact) mass is 434 g/mol. The van der Waals surface area contributed by atoms with Crippen LogP contribution in [-0.2, 0) is 0 Å². The van der Waals surface area contributed by atoms with E-state index in [0.29, 0.717) is 0 Å². The minimum absolute atomic E-state index is 1.14. The first-order valence-corrected chi connectivity index (χ1v) is 15.9. The summed E-state index contributed by atoms with van der Waals surface area (Å²) in [7, 11) is 0. The molecule has 0 aromatic heterocycles. The smallest absolute Gasteiger partial charge is 0.0737 e. The van der Waals surface area contributed by atoms with Crippen LogP contribution in [-0.4, -0.2) is 13.4 Å². The van der Waals surface area contributed by atoms with Gasteiger partial charge in [0.2, 0.25) is 0 Å². The second-order valence-corrected chi connectivity index (χ2v) is 13.8. The van der Waals surface area contributed by atoms with Crippen LogP contribution >= 0.6 is 0 Å². The quantitative estimate of drug-likeness (QED) is 0.276. The molecular formula is C30H52B2. The molecule has 4 saturated carbocycles. The van der Waals surface area contributed by atoms with Crippen molar-refractivity contribution in [2.24, 2.45) is 23.7 Å². The van der Waals surface area contributed by atoms with Crippen molar-refractivity contribution in [3.8, 4) is 0 Å². The van der Waals surface area contributed by atoms with Gasteiger partial charge in [0.05, 0.1) is 0 Å². The number of hydrogen-bond donors (Lipinski definition) is 0. The van der Waals surface area contributed by atoms with Crippen molar-refractivity contribution >= 4 is 13.4 Å². The fourth-order valence-corrected chi connectivity index (χ4v) is 11.6. The highest BCUT2D eigenvalue weighted by Gasteiger charge is 2.53. The molecule has 0 nitrogen and oxygen atoms in total. The normalized spacial score (nSPS) is 43.5. The highest BCUT2D eigenvalue weighted by molar-refractivity contribution is 6.63. The lowest BCUT2D eigenvalue weighted by Gasteiger charge is -2.33. The third-order valence-corrected chi connectivity index (χ3v) is 12.6. The van der Waals surface area contributed by atoms with E-state index in [0.717, 1.165) is 60.4 Å². The summed E-state index contributed by atoms with van der Waals surface area (Å²) in [6.45, 7) is 2.29. The molecule has 0 aromatic carbocycles. The molecule has 0 amide bonds. The van der Waals surface area contributed by atoms with E-state index in [1.807, 2.05) is 0 Å². The maximum Gasteiger partial charge on any atom is 0.146 e. The van der Waals surface area contributed by atoms with Gasteiger partial charge in [-0.25, -0.2) is 0 Å². The van der Waals surface area contributed by atoms with Crippen LogP contribution in [0.3, 0.4) is 0 Å². The largest absolute Gasteiger partial charge is 0.146 e. The Morgan fingerprint density at radius 3 is 0.938 bits per heavy atom. The number of unbranched alkanes of at least 4 members (excludes halogenated alkanes) is 3. The SMILES string of the molecule is C(CCCB1C2CCCCC2C2CCCCC12)CCB1C2CCCCC2C2CCCCC12. The molecule has 6 fully saturated rings. The van der Waals surface area contributed by atoms with Crippen LogP contribution in [0.2, 0.25) is 35.9 Å². The van der Waals surface area contributed by atoms with Gasteiger partial charge in [-0.2, -0.15) is 0 Å². The Bertz CT molecular complexity index is 508. The molecule has 2 aliphatic heterocycles. The lowest BCUT2D eigenvalue weighted by molar-refractivity contribution is 0.226. The summed E-state index contributed by atoms with van der Waals surface area (Å²) in [5.41, 5.74) is 0. The highest BCUT2D eigenvalue weighted by atomic mass is 14.5. The van der Waals surface area contributed by atoms with Gasteiger partial charge in [-0.05, 0) is 23.7 Å². The van der Waals surface area contributed by atoms with E-state index in [9.17, 15) is 0 Å². The van der Waals surface area contributed by atoms with Gasteiger partial charge in [0.25, 0.3) is 0 Å². The maximum absolute atomic E-state index is 1.61. The molecule has 2 heteroatoms. The third kappa shape index (κ3) is 4.30. The van der Waals surface area contributed by atoms with Crippen LogP contribution in [0.4, 0.5) is 0 Å². The van der Waals surface area contributed by atoms with E-state index in [1.165, 1.54) is 0 Å². The second-order valence-electron chi connectivity index (χ2n) is 13.8. The first-order valence-electron chi connectivity index (χ1n) is 15.9. The molecule has 2 heterocycles. The van der Waals surface area contributed by atoms with Crippen molar-refractivity contribution in [2.75, 3.05) is 0 Å². The van der Waals surface area contributed by atoms with Gasteiger partial charge < -0.3 is 0 Å². The molecule has 0 aromatic rings. The summed E-state index contributed by atoms with van der Waals surface area (Å²) >= 11 is 0. The summed E-state index contributed by atoms with van der Waals surface area (Å²) in [6.07, 6.45) is 34.8. The number of fused-ring (bicyclic) bond motifs is 6. The van der Waals surface area contributed by atoms with Gasteiger partial charge in [0.15, 0.2) is 0 Å². The van der Waals surface area contributed by atoms with Crippen LogP contribution in [0.15, 0.2) is 0 Å². The second kappa shape index (κ2) is 10.4. The molecule has 0 radical (unpaired) electrons. The van der Waals surface area contributed by atoms with E-state index in [4.69, 9.17) is 0 Å². The summed E-state index contributed by atoms with van der Waals surface area (Å²) in [5.74, 6) is 9.26. The van der Waals surface area contributed by atoms with Gasteiger partial charge in [0, 0.05) is 0 Å². The fraction of sp³-hybridized carbons (Fsp3) is 1.00. The van der Waals surface area contributed by atoms with Crippen LogP contribution in [0.25, 0.3) is 0 Å². The molecule has 32 heavy (non-hydrogen) atoms. The average molecular weight is 434 g/mol. The maximum atomic E-state index is 1.61. The first kappa shape index (κ1) is 22.6. The molecule has 6 aliphatic rings. The lowest BCUT2D eigenvalue weighted by Crippen LogP contribution is -2.24. The molecule has 8 atom stereocenters. The Morgan fingerprint density at radius 1 is 0.344 bits per heavy atom. The van der Waals surface area contributed by atoms with E-state index in [2.05, 4.69) is 0 Å². The van der Waals surface area contributed by atoms with Crippen LogP contribution in [0.5, 0.6) is 0 Å².